The number of para-hydroxylation sites is 3. The largest absolute Gasteiger partial charge is 0.491 e. The molecular weight excluding hydrogens is 358 g/mol. The Labute approximate surface area is 160 Å². The summed E-state index contributed by atoms with van der Waals surface area (Å²) in [7, 11) is 0. The number of hydrogen-bond donors (Lipinski definition) is 1. The van der Waals surface area contributed by atoms with Crippen molar-refractivity contribution in [3.63, 3.8) is 0 Å². The minimum absolute atomic E-state index is 0.142. The second-order valence-electron chi connectivity index (χ2n) is 6.35. The number of benzene rings is 2. The van der Waals surface area contributed by atoms with E-state index in [1.165, 1.54) is 10.9 Å². The van der Waals surface area contributed by atoms with Crippen molar-refractivity contribution in [2.45, 2.75) is 19.9 Å². The molecule has 0 saturated carbocycles. The number of fused-ring (bicyclic) bond motifs is 3. The molecule has 0 aliphatic rings. The quantitative estimate of drug-likeness (QED) is 0.555. The highest BCUT2D eigenvalue weighted by atomic mass is 16.5. The Bertz CT molecular complexity index is 1210. The number of furan rings is 1. The molecule has 2 aromatic carbocycles. The van der Waals surface area contributed by atoms with Gasteiger partial charge in [-0.3, -0.25) is 14.2 Å². The fourth-order valence-corrected chi connectivity index (χ4v) is 2.98. The number of nitrogens with zero attached hydrogens (tertiary/aromatic N) is 2. The van der Waals surface area contributed by atoms with Crippen LogP contribution in [0.4, 0.5) is 5.69 Å². The molecule has 0 atom stereocenters. The summed E-state index contributed by atoms with van der Waals surface area (Å²) in [5.41, 5.74) is 1.39. The number of rotatable bonds is 6. The van der Waals surface area contributed by atoms with E-state index in [0.717, 1.165) is 11.8 Å². The van der Waals surface area contributed by atoms with Crippen molar-refractivity contribution in [2.24, 2.45) is 0 Å². The summed E-state index contributed by atoms with van der Waals surface area (Å²) in [6, 6.07) is 14.5. The molecule has 0 bridgehead atoms. The Morgan fingerprint density at radius 1 is 1.18 bits per heavy atom. The third-order valence-corrected chi connectivity index (χ3v) is 4.29. The molecule has 0 fully saturated rings. The van der Waals surface area contributed by atoms with Gasteiger partial charge in [-0.05, 0) is 30.7 Å². The number of ether oxygens (including phenoxy) is 1. The van der Waals surface area contributed by atoms with Crippen LogP contribution in [0.3, 0.4) is 0 Å². The molecule has 7 heteroatoms. The molecule has 4 rings (SSSR count). The Morgan fingerprint density at radius 2 is 1.96 bits per heavy atom. The topological polar surface area (TPSA) is 86.4 Å². The molecule has 4 aromatic rings. The Morgan fingerprint density at radius 3 is 2.82 bits per heavy atom. The zero-order chi connectivity index (χ0) is 19.5. The van der Waals surface area contributed by atoms with Crippen LogP contribution in [-0.2, 0) is 11.3 Å². The van der Waals surface area contributed by atoms with Gasteiger partial charge in [0.05, 0.1) is 18.6 Å². The Hall–Kier alpha value is -3.61. The van der Waals surface area contributed by atoms with Crippen LogP contribution in [0, 0.1) is 0 Å². The molecule has 1 amide bonds. The molecule has 0 spiro atoms. The highest BCUT2D eigenvalue weighted by Crippen LogP contribution is 2.25. The summed E-state index contributed by atoms with van der Waals surface area (Å²) in [5, 5.41) is 3.56. The molecule has 0 unspecified atom stereocenters. The van der Waals surface area contributed by atoms with E-state index in [1.807, 2.05) is 37.3 Å². The lowest BCUT2D eigenvalue weighted by Gasteiger charge is -2.12. The van der Waals surface area contributed by atoms with Crippen LogP contribution in [0.5, 0.6) is 5.75 Å². The SMILES string of the molecule is CCCOc1ccccc1NC(=O)Cn1cnc2c(oc3ccccc32)c1=O. The molecule has 1 N–H and O–H groups in total. The van der Waals surface area contributed by atoms with Gasteiger partial charge in [0.15, 0.2) is 0 Å². The van der Waals surface area contributed by atoms with Crippen LogP contribution >= 0.6 is 0 Å². The van der Waals surface area contributed by atoms with E-state index in [2.05, 4.69) is 10.3 Å². The number of nitrogens with one attached hydrogen (secondary N) is 1. The van der Waals surface area contributed by atoms with Gasteiger partial charge in [-0.2, -0.15) is 0 Å². The minimum Gasteiger partial charge on any atom is -0.491 e. The fourth-order valence-electron chi connectivity index (χ4n) is 2.98. The molecular formula is C21H19N3O4. The average molecular weight is 377 g/mol. The Kier molecular flexibility index (Phi) is 4.80. The second kappa shape index (κ2) is 7.56. The number of aromatic nitrogens is 2. The lowest BCUT2D eigenvalue weighted by molar-refractivity contribution is -0.116. The van der Waals surface area contributed by atoms with E-state index in [1.54, 1.807) is 18.2 Å². The van der Waals surface area contributed by atoms with Crippen molar-refractivity contribution in [1.29, 1.82) is 0 Å². The van der Waals surface area contributed by atoms with Crippen molar-refractivity contribution in [3.8, 4) is 5.75 Å². The first-order valence-corrected chi connectivity index (χ1v) is 9.05. The first-order valence-electron chi connectivity index (χ1n) is 9.05. The second-order valence-corrected chi connectivity index (χ2v) is 6.35. The molecule has 0 aliphatic carbocycles. The van der Waals surface area contributed by atoms with Gasteiger partial charge < -0.3 is 14.5 Å². The van der Waals surface area contributed by atoms with Gasteiger partial charge in [0.25, 0.3) is 5.56 Å². The molecule has 0 aliphatic heterocycles. The molecule has 7 nitrogen and oxygen atoms in total. The monoisotopic (exact) mass is 377 g/mol. The van der Waals surface area contributed by atoms with Gasteiger partial charge >= 0.3 is 0 Å². The standard InChI is InChI=1S/C21H19N3O4/c1-2-11-27-17-10-6-4-8-15(17)23-18(25)12-24-13-22-19-14-7-3-5-9-16(14)28-20(19)21(24)26/h3-10,13H,2,11-12H2,1H3,(H,23,25). The first-order chi connectivity index (χ1) is 13.7. The molecule has 2 heterocycles. The third kappa shape index (κ3) is 3.34. The maximum atomic E-state index is 12.7. The molecule has 28 heavy (non-hydrogen) atoms. The van der Waals surface area contributed by atoms with E-state index in [0.29, 0.717) is 29.1 Å². The summed E-state index contributed by atoms with van der Waals surface area (Å²) in [5.74, 6) is 0.239. The van der Waals surface area contributed by atoms with Crippen LogP contribution in [-0.4, -0.2) is 22.1 Å². The number of carbonyl (C=O) groups is 1. The minimum atomic E-state index is -0.396. The highest BCUT2D eigenvalue weighted by Gasteiger charge is 2.15. The number of anilines is 1. The first kappa shape index (κ1) is 17.8. The third-order valence-electron chi connectivity index (χ3n) is 4.29. The summed E-state index contributed by atoms with van der Waals surface area (Å²) < 4.78 is 12.5. The van der Waals surface area contributed by atoms with Gasteiger partial charge in [-0.15, -0.1) is 0 Å². The van der Waals surface area contributed by atoms with Crippen LogP contribution in [0.15, 0.2) is 64.1 Å². The fraction of sp³-hybridized carbons (Fsp3) is 0.190. The summed E-state index contributed by atoms with van der Waals surface area (Å²) in [4.78, 5) is 29.5. The van der Waals surface area contributed by atoms with Crippen molar-refractivity contribution in [1.82, 2.24) is 9.55 Å². The van der Waals surface area contributed by atoms with Crippen molar-refractivity contribution >= 4 is 33.7 Å². The van der Waals surface area contributed by atoms with Crippen molar-refractivity contribution < 1.29 is 13.9 Å². The molecule has 2 aromatic heterocycles. The normalized spacial score (nSPS) is 11.0. The average Bonchev–Trinajstić information content (AvgIpc) is 3.09. The van der Waals surface area contributed by atoms with Crippen LogP contribution in [0.1, 0.15) is 13.3 Å². The maximum absolute atomic E-state index is 12.7. The summed E-state index contributed by atoms with van der Waals surface area (Å²) in [6.07, 6.45) is 2.23. The number of hydrogen-bond acceptors (Lipinski definition) is 5. The number of amides is 1. The van der Waals surface area contributed by atoms with Gasteiger partial charge in [0.1, 0.15) is 23.4 Å². The summed E-state index contributed by atoms with van der Waals surface area (Å²) >= 11 is 0. The van der Waals surface area contributed by atoms with Crippen LogP contribution in [0.2, 0.25) is 0 Å². The van der Waals surface area contributed by atoms with Crippen LogP contribution < -0.4 is 15.6 Å². The zero-order valence-corrected chi connectivity index (χ0v) is 15.3. The van der Waals surface area contributed by atoms with E-state index < -0.39 is 5.56 Å². The van der Waals surface area contributed by atoms with E-state index in [-0.39, 0.29) is 18.0 Å². The molecule has 142 valence electrons. The maximum Gasteiger partial charge on any atom is 0.297 e. The van der Waals surface area contributed by atoms with E-state index in [9.17, 15) is 9.59 Å². The van der Waals surface area contributed by atoms with E-state index >= 15 is 0 Å². The molecule has 0 saturated heterocycles. The lowest BCUT2D eigenvalue weighted by atomic mass is 10.2. The summed E-state index contributed by atoms with van der Waals surface area (Å²) in [6.45, 7) is 2.38. The van der Waals surface area contributed by atoms with Gasteiger partial charge in [-0.1, -0.05) is 31.2 Å². The molecule has 0 radical (unpaired) electrons. The highest BCUT2D eigenvalue weighted by molar-refractivity contribution is 6.01. The van der Waals surface area contributed by atoms with E-state index in [4.69, 9.17) is 9.15 Å². The van der Waals surface area contributed by atoms with Crippen LogP contribution in [0.25, 0.3) is 22.1 Å². The Balaban J connectivity index is 1.58. The number of carbonyl (C=O) groups excluding carboxylic acids is 1. The van der Waals surface area contributed by atoms with Gasteiger partial charge in [0, 0.05) is 5.39 Å². The smallest absolute Gasteiger partial charge is 0.297 e. The lowest BCUT2D eigenvalue weighted by Crippen LogP contribution is -2.27. The predicted molar refractivity (Wildman–Crippen MR) is 107 cm³/mol. The van der Waals surface area contributed by atoms with Crippen molar-refractivity contribution in [3.05, 3.63) is 65.2 Å². The van der Waals surface area contributed by atoms with Crippen molar-refractivity contribution in [2.75, 3.05) is 11.9 Å². The van der Waals surface area contributed by atoms with Gasteiger partial charge in [0.2, 0.25) is 11.5 Å². The van der Waals surface area contributed by atoms with Gasteiger partial charge in [-0.25, -0.2) is 4.98 Å². The predicted octanol–water partition coefficient (Wildman–Crippen LogP) is 3.57. The zero-order valence-electron chi connectivity index (χ0n) is 15.3.